The molecule has 1 saturated heterocycles. The van der Waals surface area contributed by atoms with Crippen LogP contribution in [0, 0.1) is 5.92 Å². The lowest BCUT2D eigenvalue weighted by Crippen LogP contribution is -2.46. The summed E-state index contributed by atoms with van der Waals surface area (Å²) >= 11 is 0. The second-order valence-corrected chi connectivity index (χ2v) is 9.18. The fourth-order valence-electron chi connectivity index (χ4n) is 5.07. The molecular formula is C29H33ClN2O2. The Kier molecular flexibility index (Phi) is 8.39. The first kappa shape index (κ1) is 24.5. The average molecular weight is 477 g/mol. The minimum Gasteiger partial charge on any atom is -0.379 e. The van der Waals surface area contributed by atoms with Crippen molar-refractivity contribution in [2.24, 2.45) is 5.92 Å². The number of ether oxygens (including phenoxy) is 1. The Labute approximate surface area is 208 Å². The first-order chi connectivity index (χ1) is 16.3. The molecule has 1 fully saturated rings. The number of para-hydroxylation sites is 1. The van der Waals surface area contributed by atoms with Gasteiger partial charge in [-0.05, 0) is 47.1 Å². The molecule has 2 aliphatic heterocycles. The molecule has 0 radical (unpaired) electrons. The van der Waals surface area contributed by atoms with Crippen molar-refractivity contribution in [1.82, 2.24) is 4.90 Å². The van der Waals surface area contributed by atoms with Gasteiger partial charge >= 0.3 is 0 Å². The summed E-state index contributed by atoms with van der Waals surface area (Å²) in [7, 11) is 0. The van der Waals surface area contributed by atoms with Crippen molar-refractivity contribution in [2.75, 3.05) is 44.3 Å². The highest BCUT2D eigenvalue weighted by atomic mass is 35.5. The van der Waals surface area contributed by atoms with Crippen molar-refractivity contribution in [2.45, 2.75) is 19.3 Å². The number of aryl methyl sites for hydroxylation is 1. The molecule has 178 valence electrons. The Morgan fingerprint density at radius 1 is 0.853 bits per heavy atom. The normalized spacial score (nSPS) is 18.1. The average Bonchev–Trinajstić information content (AvgIpc) is 2.88. The van der Waals surface area contributed by atoms with E-state index >= 15 is 0 Å². The third-order valence-electron chi connectivity index (χ3n) is 6.84. The molecule has 4 nitrogen and oxygen atoms in total. The van der Waals surface area contributed by atoms with Crippen LogP contribution in [0.15, 0.2) is 78.9 Å². The van der Waals surface area contributed by atoms with Gasteiger partial charge in [-0.2, -0.15) is 0 Å². The maximum absolute atomic E-state index is 13.4. The zero-order valence-electron chi connectivity index (χ0n) is 19.6. The zero-order chi connectivity index (χ0) is 22.5. The maximum Gasteiger partial charge on any atom is 0.227 e. The zero-order valence-corrected chi connectivity index (χ0v) is 20.4. The summed E-state index contributed by atoms with van der Waals surface area (Å²) in [6.07, 6.45) is 2.34. The highest BCUT2D eigenvalue weighted by molar-refractivity contribution is 5.94. The van der Waals surface area contributed by atoms with Gasteiger partial charge in [-0.25, -0.2) is 0 Å². The molecular weight excluding hydrogens is 444 g/mol. The smallest absolute Gasteiger partial charge is 0.227 e. The quantitative estimate of drug-likeness (QED) is 0.487. The van der Waals surface area contributed by atoms with Crippen LogP contribution in [0.1, 0.15) is 17.5 Å². The van der Waals surface area contributed by atoms with Crippen LogP contribution >= 0.6 is 12.4 Å². The molecule has 1 atom stereocenters. The Balaban J connectivity index is 0.00000274. The van der Waals surface area contributed by atoms with Gasteiger partial charge in [-0.3, -0.25) is 9.69 Å². The van der Waals surface area contributed by atoms with Crippen molar-refractivity contribution >= 4 is 24.0 Å². The van der Waals surface area contributed by atoms with E-state index in [4.69, 9.17) is 4.74 Å². The first-order valence-electron chi connectivity index (χ1n) is 12.1. The van der Waals surface area contributed by atoms with Crippen LogP contribution in [0.4, 0.5) is 5.69 Å². The van der Waals surface area contributed by atoms with Crippen LogP contribution in [-0.2, 0) is 22.4 Å². The first-order valence-corrected chi connectivity index (χ1v) is 12.1. The lowest BCUT2D eigenvalue weighted by Gasteiger charge is -2.38. The number of benzene rings is 3. The summed E-state index contributed by atoms with van der Waals surface area (Å²) < 4.78 is 5.50. The molecule has 3 aromatic carbocycles. The van der Waals surface area contributed by atoms with Crippen LogP contribution in [0.25, 0.3) is 11.1 Å². The number of nitrogens with zero attached hydrogens (tertiary/aromatic N) is 2. The van der Waals surface area contributed by atoms with E-state index < -0.39 is 0 Å². The Morgan fingerprint density at radius 2 is 1.53 bits per heavy atom. The highest BCUT2D eigenvalue weighted by Gasteiger charge is 2.29. The Bertz CT molecular complexity index is 1070. The Morgan fingerprint density at radius 3 is 2.29 bits per heavy atom. The summed E-state index contributed by atoms with van der Waals surface area (Å²) in [5.74, 6) is 0.688. The number of carbonyl (C=O) groups excluding carboxylic acids is 1. The number of anilines is 1. The molecule has 1 amide bonds. The second-order valence-electron chi connectivity index (χ2n) is 9.18. The fourth-order valence-corrected chi connectivity index (χ4v) is 5.07. The second kappa shape index (κ2) is 11.7. The van der Waals surface area contributed by atoms with E-state index in [-0.39, 0.29) is 18.3 Å². The summed E-state index contributed by atoms with van der Waals surface area (Å²) in [6, 6.07) is 27.4. The predicted octanol–water partition coefficient (Wildman–Crippen LogP) is 5.25. The largest absolute Gasteiger partial charge is 0.379 e. The van der Waals surface area contributed by atoms with Crippen molar-refractivity contribution in [3.63, 3.8) is 0 Å². The molecule has 2 heterocycles. The number of fused-ring (bicyclic) bond motifs is 1. The molecule has 0 spiro atoms. The number of rotatable bonds is 6. The van der Waals surface area contributed by atoms with Gasteiger partial charge in [0.15, 0.2) is 0 Å². The van der Waals surface area contributed by atoms with Crippen LogP contribution in [0.2, 0.25) is 0 Å². The maximum atomic E-state index is 13.4. The van der Waals surface area contributed by atoms with Gasteiger partial charge in [-0.15, -0.1) is 12.4 Å². The minimum atomic E-state index is 0. The van der Waals surface area contributed by atoms with Gasteiger partial charge < -0.3 is 9.64 Å². The lowest BCUT2D eigenvalue weighted by molar-refractivity contribution is -0.118. The minimum absolute atomic E-state index is 0. The van der Waals surface area contributed by atoms with E-state index in [9.17, 15) is 4.79 Å². The highest BCUT2D eigenvalue weighted by Crippen LogP contribution is 2.31. The molecule has 0 saturated carbocycles. The van der Waals surface area contributed by atoms with Crippen LogP contribution in [-0.4, -0.2) is 50.2 Å². The standard InChI is InChI=1S/C29H32N2O2.ClH/c32-29(15-12-23-10-13-26(14-11-23)25-6-2-1-3-7-25)31-22-24(21-30-16-18-33-19-17-30)20-27-8-4-5-9-28(27)31;/h1-11,13-14,24H,12,15-22H2;1H. The number of carbonyl (C=O) groups is 1. The molecule has 0 bridgehead atoms. The summed E-state index contributed by atoms with van der Waals surface area (Å²) in [5, 5.41) is 0. The van der Waals surface area contributed by atoms with Crippen molar-refractivity contribution in [3.05, 3.63) is 90.0 Å². The summed E-state index contributed by atoms with van der Waals surface area (Å²) in [6.45, 7) is 5.45. The third-order valence-corrected chi connectivity index (χ3v) is 6.84. The number of hydrogen-bond donors (Lipinski definition) is 0. The lowest BCUT2D eigenvalue weighted by atomic mass is 9.91. The van der Waals surface area contributed by atoms with E-state index in [0.717, 1.165) is 57.9 Å². The van der Waals surface area contributed by atoms with Gasteiger partial charge in [0, 0.05) is 38.3 Å². The van der Waals surface area contributed by atoms with E-state index in [1.165, 1.54) is 22.3 Å². The molecule has 0 aliphatic carbocycles. The van der Waals surface area contributed by atoms with Crippen LogP contribution in [0.3, 0.4) is 0 Å². The third kappa shape index (κ3) is 5.87. The van der Waals surface area contributed by atoms with Crippen molar-refractivity contribution in [3.8, 4) is 11.1 Å². The van der Waals surface area contributed by atoms with Gasteiger partial charge in [0.05, 0.1) is 13.2 Å². The van der Waals surface area contributed by atoms with Crippen LogP contribution < -0.4 is 4.90 Å². The van der Waals surface area contributed by atoms with Crippen molar-refractivity contribution < 1.29 is 9.53 Å². The summed E-state index contributed by atoms with van der Waals surface area (Å²) in [4.78, 5) is 17.9. The van der Waals surface area contributed by atoms with Gasteiger partial charge in [-0.1, -0.05) is 72.8 Å². The SMILES string of the molecule is Cl.O=C(CCc1ccc(-c2ccccc2)cc1)N1CC(CN2CCOCC2)Cc2ccccc21. The number of halogens is 1. The molecule has 0 aromatic heterocycles. The van der Waals surface area contributed by atoms with E-state index in [1.54, 1.807) is 0 Å². The molecule has 0 N–H and O–H groups in total. The van der Waals surface area contributed by atoms with Gasteiger partial charge in [0.1, 0.15) is 0 Å². The molecule has 2 aliphatic rings. The van der Waals surface area contributed by atoms with E-state index in [0.29, 0.717) is 12.3 Å². The Hall–Kier alpha value is -2.66. The number of hydrogen-bond acceptors (Lipinski definition) is 3. The topological polar surface area (TPSA) is 32.8 Å². The van der Waals surface area contributed by atoms with Crippen molar-refractivity contribution in [1.29, 1.82) is 0 Å². The fraction of sp³-hybridized carbons (Fsp3) is 0.345. The molecule has 5 heteroatoms. The number of amides is 1. The monoisotopic (exact) mass is 476 g/mol. The molecule has 3 aromatic rings. The number of morpholine rings is 1. The van der Waals surface area contributed by atoms with Crippen LogP contribution in [0.5, 0.6) is 0 Å². The molecule has 5 rings (SSSR count). The predicted molar refractivity (Wildman–Crippen MR) is 141 cm³/mol. The van der Waals surface area contributed by atoms with Gasteiger partial charge in [0.2, 0.25) is 5.91 Å². The molecule has 1 unspecified atom stereocenters. The molecule has 34 heavy (non-hydrogen) atoms. The van der Waals surface area contributed by atoms with Gasteiger partial charge in [0.25, 0.3) is 0 Å². The summed E-state index contributed by atoms with van der Waals surface area (Å²) in [5.41, 5.74) is 6.03. The van der Waals surface area contributed by atoms with E-state index in [2.05, 4.69) is 71.6 Å². The van der Waals surface area contributed by atoms with E-state index in [1.807, 2.05) is 17.0 Å².